The van der Waals surface area contributed by atoms with E-state index >= 15 is 0 Å². The molecule has 2 aromatic heterocycles. The van der Waals surface area contributed by atoms with Gasteiger partial charge in [0, 0.05) is 17.6 Å². The lowest BCUT2D eigenvalue weighted by atomic mass is 10.2. The summed E-state index contributed by atoms with van der Waals surface area (Å²) < 4.78 is 65.9. The van der Waals surface area contributed by atoms with Crippen LogP contribution in [0.1, 0.15) is 31.2 Å². The fraction of sp³-hybridized carbons (Fsp3) is 0.389. The van der Waals surface area contributed by atoms with Gasteiger partial charge in [0.1, 0.15) is 11.4 Å². The quantitative estimate of drug-likeness (QED) is 0.607. The van der Waals surface area contributed by atoms with Gasteiger partial charge in [-0.05, 0) is 37.8 Å². The van der Waals surface area contributed by atoms with E-state index in [9.17, 15) is 21.6 Å². The van der Waals surface area contributed by atoms with E-state index in [2.05, 4.69) is 25.7 Å². The maximum absolute atomic E-state index is 13.3. The van der Waals surface area contributed by atoms with Gasteiger partial charge in [0.05, 0.1) is 22.7 Å². The minimum atomic E-state index is -4.58. The summed E-state index contributed by atoms with van der Waals surface area (Å²) in [5, 5.41) is 9.79. The molecule has 0 atom stereocenters. The van der Waals surface area contributed by atoms with Gasteiger partial charge in [0.15, 0.2) is 0 Å². The van der Waals surface area contributed by atoms with Gasteiger partial charge in [-0.3, -0.25) is 0 Å². The fourth-order valence-corrected chi connectivity index (χ4v) is 4.77. The van der Waals surface area contributed by atoms with Crippen molar-refractivity contribution in [1.29, 1.82) is 0 Å². The molecule has 0 aliphatic heterocycles. The van der Waals surface area contributed by atoms with Crippen LogP contribution >= 0.6 is 0 Å². The second-order valence-corrected chi connectivity index (χ2v) is 9.51. The minimum Gasteiger partial charge on any atom is -0.367 e. The molecule has 5 rings (SSSR count). The number of fused-ring (bicyclic) bond motifs is 1. The number of alkyl halides is 3. The Kier molecular flexibility index (Phi) is 4.17. The van der Waals surface area contributed by atoms with Crippen molar-refractivity contribution in [2.24, 2.45) is 0 Å². The number of hydrogen-bond acceptors (Lipinski definition) is 7. The van der Waals surface area contributed by atoms with Crippen molar-refractivity contribution < 1.29 is 21.6 Å². The molecule has 2 aliphatic rings. The number of nitrogens with zero attached hydrogens (tertiary/aromatic N) is 4. The van der Waals surface area contributed by atoms with E-state index in [1.54, 1.807) is 18.2 Å². The molecule has 8 nitrogen and oxygen atoms in total. The summed E-state index contributed by atoms with van der Waals surface area (Å²) in [6, 6.07) is 4.90. The largest absolute Gasteiger partial charge is 0.421 e. The smallest absolute Gasteiger partial charge is 0.367 e. The van der Waals surface area contributed by atoms with E-state index in [4.69, 9.17) is 0 Å². The molecular weight excluding hydrogens is 421 g/mol. The molecule has 2 heterocycles. The number of hydrogen-bond donors (Lipinski definition) is 2. The highest BCUT2D eigenvalue weighted by molar-refractivity contribution is 7.90. The number of benzene rings is 1. The van der Waals surface area contributed by atoms with E-state index in [1.807, 2.05) is 0 Å². The number of aromatic nitrogens is 4. The van der Waals surface area contributed by atoms with E-state index < -0.39 is 27.0 Å². The molecule has 12 heteroatoms. The summed E-state index contributed by atoms with van der Waals surface area (Å²) in [6.45, 7) is 0. The zero-order valence-electron chi connectivity index (χ0n) is 15.5. The Labute approximate surface area is 169 Å². The monoisotopic (exact) mass is 438 g/mol. The molecule has 0 spiro atoms. The van der Waals surface area contributed by atoms with Gasteiger partial charge in [0.25, 0.3) is 10.0 Å². The highest BCUT2D eigenvalue weighted by Gasteiger charge is 2.39. The minimum absolute atomic E-state index is 0.0249. The average molecular weight is 438 g/mol. The Bertz CT molecular complexity index is 1230. The van der Waals surface area contributed by atoms with Crippen LogP contribution in [-0.2, 0) is 16.2 Å². The van der Waals surface area contributed by atoms with Crippen molar-refractivity contribution in [2.45, 2.75) is 43.2 Å². The molecule has 3 aromatic rings. The Morgan fingerprint density at radius 1 is 1.10 bits per heavy atom. The molecule has 0 unspecified atom stereocenters. The van der Waals surface area contributed by atoms with Crippen molar-refractivity contribution >= 4 is 38.4 Å². The molecule has 30 heavy (non-hydrogen) atoms. The highest BCUT2D eigenvalue weighted by Crippen LogP contribution is 2.37. The summed E-state index contributed by atoms with van der Waals surface area (Å²) in [5.41, 5.74) is -0.0986. The zero-order valence-corrected chi connectivity index (χ0v) is 16.3. The van der Waals surface area contributed by atoms with Crippen LogP contribution in [0.5, 0.6) is 0 Å². The summed E-state index contributed by atoms with van der Waals surface area (Å²) in [4.78, 5) is 7.82. The second-order valence-electron chi connectivity index (χ2n) is 7.47. The van der Waals surface area contributed by atoms with Gasteiger partial charge in [-0.25, -0.2) is 13.4 Å². The maximum atomic E-state index is 13.3. The van der Waals surface area contributed by atoms with Gasteiger partial charge in [-0.1, -0.05) is 6.07 Å². The van der Waals surface area contributed by atoms with Crippen molar-refractivity contribution in [3.05, 3.63) is 36.2 Å². The topological polar surface area (TPSA) is 102 Å². The van der Waals surface area contributed by atoms with Crippen LogP contribution in [0.4, 0.5) is 30.6 Å². The fourth-order valence-electron chi connectivity index (χ4n) is 3.15. The summed E-state index contributed by atoms with van der Waals surface area (Å²) in [5.74, 6) is -0.307. The predicted octanol–water partition coefficient (Wildman–Crippen LogP) is 3.50. The Morgan fingerprint density at radius 3 is 2.53 bits per heavy atom. The van der Waals surface area contributed by atoms with Crippen LogP contribution in [0, 0.1) is 0 Å². The molecule has 158 valence electrons. The van der Waals surface area contributed by atoms with E-state index in [0.717, 1.165) is 23.1 Å². The van der Waals surface area contributed by atoms with E-state index in [-0.39, 0.29) is 17.8 Å². The molecule has 1 aromatic carbocycles. The van der Waals surface area contributed by atoms with Crippen molar-refractivity contribution in [3.63, 3.8) is 0 Å². The maximum Gasteiger partial charge on any atom is 0.421 e. The summed E-state index contributed by atoms with van der Waals surface area (Å²) in [7, 11) is -3.56. The molecule has 0 bridgehead atoms. The molecule has 2 N–H and O–H groups in total. The van der Waals surface area contributed by atoms with Crippen molar-refractivity contribution in [1.82, 2.24) is 19.2 Å². The lowest BCUT2D eigenvalue weighted by Crippen LogP contribution is -2.18. The first-order chi connectivity index (χ1) is 14.2. The number of rotatable bonds is 6. The molecule has 2 saturated carbocycles. The first-order valence-corrected chi connectivity index (χ1v) is 10.9. The van der Waals surface area contributed by atoms with Crippen LogP contribution < -0.4 is 10.6 Å². The third-order valence-corrected chi connectivity index (χ3v) is 7.11. The summed E-state index contributed by atoms with van der Waals surface area (Å²) >= 11 is 0. The van der Waals surface area contributed by atoms with Gasteiger partial charge in [-0.15, -0.1) is 0 Å². The predicted molar refractivity (Wildman–Crippen MR) is 104 cm³/mol. The summed E-state index contributed by atoms with van der Waals surface area (Å²) in [6.07, 6.45) is 0.367. The van der Waals surface area contributed by atoms with Crippen LogP contribution in [0.15, 0.2) is 30.6 Å². The Hall–Kier alpha value is -2.89. The van der Waals surface area contributed by atoms with Crippen LogP contribution in [0.2, 0.25) is 0 Å². The molecule has 2 aliphatic carbocycles. The third-order valence-electron chi connectivity index (χ3n) is 5.03. The zero-order chi connectivity index (χ0) is 21.1. The molecule has 0 saturated heterocycles. The first-order valence-electron chi connectivity index (χ1n) is 9.42. The lowest BCUT2D eigenvalue weighted by molar-refractivity contribution is -0.137. The van der Waals surface area contributed by atoms with Gasteiger partial charge in [-0.2, -0.15) is 27.3 Å². The normalized spacial score (nSPS) is 17.3. The molecule has 0 amide bonds. The van der Waals surface area contributed by atoms with Gasteiger partial charge in [0.2, 0.25) is 5.95 Å². The molecule has 2 fully saturated rings. The van der Waals surface area contributed by atoms with Crippen LogP contribution in [0.25, 0.3) is 10.9 Å². The van der Waals surface area contributed by atoms with Gasteiger partial charge < -0.3 is 10.6 Å². The Morgan fingerprint density at radius 2 is 1.87 bits per heavy atom. The van der Waals surface area contributed by atoms with E-state index in [1.165, 1.54) is 6.20 Å². The average Bonchev–Trinajstić information content (AvgIpc) is 3.59. The van der Waals surface area contributed by atoms with E-state index in [0.29, 0.717) is 29.4 Å². The third kappa shape index (κ3) is 3.44. The SMILES string of the molecule is O=S(=O)(C1CC1)n1ncc2c(Nc3ncc(C(F)(F)F)c(NC4CC4)n3)cccc21. The Balaban J connectivity index is 1.51. The van der Waals surface area contributed by atoms with Crippen LogP contribution in [-0.4, -0.2) is 38.9 Å². The van der Waals surface area contributed by atoms with Crippen molar-refractivity contribution in [3.8, 4) is 0 Å². The lowest BCUT2D eigenvalue weighted by Gasteiger charge is -2.14. The van der Waals surface area contributed by atoms with Gasteiger partial charge >= 0.3 is 6.18 Å². The first kappa shape index (κ1) is 19.1. The number of nitrogens with one attached hydrogen (secondary N) is 2. The molecular formula is C18H17F3N6O2S. The standard InChI is InChI=1S/C18H17F3N6O2S/c19-18(20,21)13-9-22-17(26-16(13)24-10-4-5-10)25-14-2-1-3-15-12(14)8-23-27(15)30(28,29)11-6-7-11/h1-3,8-11H,4-7H2,(H2,22,24,25,26). The highest BCUT2D eigenvalue weighted by atomic mass is 32.2. The molecule has 0 radical (unpaired) electrons. The number of anilines is 3. The van der Waals surface area contributed by atoms with Crippen molar-refractivity contribution in [2.75, 3.05) is 10.6 Å². The number of halogens is 3. The second kappa shape index (κ2) is 6.56. The van der Waals surface area contributed by atoms with Crippen LogP contribution in [0.3, 0.4) is 0 Å².